The van der Waals surface area contributed by atoms with Crippen LogP contribution >= 0.6 is 0 Å². The zero-order valence-electron chi connectivity index (χ0n) is 12.5. The molecule has 7 heteroatoms. The first-order valence-electron chi connectivity index (χ1n) is 7.20. The molecular formula is C15H21N3O4. The van der Waals surface area contributed by atoms with E-state index in [4.69, 9.17) is 9.84 Å². The van der Waals surface area contributed by atoms with Crippen LogP contribution in [0.5, 0.6) is 5.75 Å². The zero-order valence-corrected chi connectivity index (χ0v) is 12.5. The molecule has 0 saturated carbocycles. The van der Waals surface area contributed by atoms with Gasteiger partial charge in [-0.1, -0.05) is 17.3 Å². The molecule has 0 aliphatic heterocycles. The molecule has 2 rings (SSSR count). The Labute approximate surface area is 128 Å². The number of hydrogen-bond acceptors (Lipinski definition) is 6. The molecule has 0 radical (unpaired) electrons. The smallest absolute Gasteiger partial charge is 0.119 e. The number of hydrogen-bond donors (Lipinski definition) is 3. The van der Waals surface area contributed by atoms with Crippen molar-refractivity contribution in [2.45, 2.75) is 32.6 Å². The molecule has 0 amide bonds. The molecule has 0 saturated heterocycles. The first kappa shape index (κ1) is 16.4. The second-order valence-corrected chi connectivity index (χ2v) is 4.91. The van der Waals surface area contributed by atoms with Crippen molar-refractivity contribution in [1.29, 1.82) is 0 Å². The molecule has 0 spiro atoms. The van der Waals surface area contributed by atoms with Gasteiger partial charge >= 0.3 is 0 Å². The second-order valence-electron chi connectivity index (χ2n) is 4.91. The fourth-order valence-corrected chi connectivity index (χ4v) is 2.15. The van der Waals surface area contributed by atoms with Gasteiger partial charge in [0.1, 0.15) is 11.4 Å². The van der Waals surface area contributed by atoms with E-state index in [1.54, 1.807) is 0 Å². The summed E-state index contributed by atoms with van der Waals surface area (Å²) in [6, 6.07) is 7.64. The van der Waals surface area contributed by atoms with Crippen LogP contribution in [0.1, 0.15) is 23.9 Å². The van der Waals surface area contributed by atoms with Gasteiger partial charge in [0.25, 0.3) is 0 Å². The predicted octanol–water partition coefficient (Wildman–Crippen LogP) is 0.113. The van der Waals surface area contributed by atoms with Crippen molar-refractivity contribution in [2.24, 2.45) is 0 Å². The van der Waals surface area contributed by atoms with Crippen LogP contribution in [0.25, 0.3) is 0 Å². The number of aromatic nitrogens is 3. The molecule has 22 heavy (non-hydrogen) atoms. The molecule has 1 aromatic carbocycles. The highest BCUT2D eigenvalue weighted by molar-refractivity contribution is 5.30. The Bertz CT molecular complexity index is 583. The van der Waals surface area contributed by atoms with E-state index in [0.717, 1.165) is 17.0 Å². The fourth-order valence-electron chi connectivity index (χ4n) is 2.15. The lowest BCUT2D eigenvalue weighted by atomic mass is 10.1. The minimum Gasteiger partial charge on any atom is -0.494 e. The quantitative estimate of drug-likeness (QED) is 0.640. The summed E-state index contributed by atoms with van der Waals surface area (Å²) < 4.78 is 6.92. The summed E-state index contributed by atoms with van der Waals surface area (Å²) in [5.41, 5.74) is 2.21. The van der Waals surface area contributed by atoms with Gasteiger partial charge in [-0.2, -0.15) is 0 Å². The van der Waals surface area contributed by atoms with Crippen LogP contribution in [-0.4, -0.2) is 49.6 Å². The van der Waals surface area contributed by atoms with Gasteiger partial charge in [-0.05, 0) is 24.6 Å². The van der Waals surface area contributed by atoms with Crippen LogP contribution in [-0.2, 0) is 19.6 Å². The third-order valence-electron chi connectivity index (χ3n) is 3.27. The van der Waals surface area contributed by atoms with Crippen molar-refractivity contribution in [1.82, 2.24) is 15.0 Å². The van der Waals surface area contributed by atoms with E-state index in [0.29, 0.717) is 18.7 Å². The Balaban J connectivity index is 2.18. The fraction of sp³-hybridized carbons (Fsp3) is 0.467. The van der Waals surface area contributed by atoms with Crippen molar-refractivity contribution >= 4 is 0 Å². The first-order chi connectivity index (χ1) is 10.7. The van der Waals surface area contributed by atoms with Crippen LogP contribution in [0, 0.1) is 0 Å². The summed E-state index contributed by atoms with van der Waals surface area (Å²) >= 11 is 0. The zero-order chi connectivity index (χ0) is 15.9. The Morgan fingerprint density at radius 2 is 1.95 bits per heavy atom. The Morgan fingerprint density at radius 3 is 2.55 bits per heavy atom. The average molecular weight is 307 g/mol. The molecule has 0 bridgehead atoms. The van der Waals surface area contributed by atoms with E-state index >= 15 is 0 Å². The Hall–Kier alpha value is -1.96. The monoisotopic (exact) mass is 307 g/mol. The summed E-state index contributed by atoms with van der Waals surface area (Å²) in [7, 11) is 0. The number of rotatable bonds is 8. The van der Waals surface area contributed by atoms with Crippen LogP contribution in [0.2, 0.25) is 0 Å². The van der Waals surface area contributed by atoms with Crippen molar-refractivity contribution in [3.8, 4) is 5.75 Å². The lowest BCUT2D eigenvalue weighted by molar-refractivity contribution is 0.0771. The molecule has 1 atom stereocenters. The van der Waals surface area contributed by atoms with E-state index in [1.807, 2.05) is 31.2 Å². The van der Waals surface area contributed by atoms with Crippen molar-refractivity contribution in [3.63, 3.8) is 0 Å². The van der Waals surface area contributed by atoms with Crippen LogP contribution in [0.3, 0.4) is 0 Å². The highest BCUT2D eigenvalue weighted by Crippen LogP contribution is 2.17. The van der Waals surface area contributed by atoms with Crippen LogP contribution in [0.4, 0.5) is 0 Å². The normalized spacial score (nSPS) is 12.4. The molecule has 0 aliphatic rings. The Kier molecular flexibility index (Phi) is 5.88. The molecule has 1 aromatic heterocycles. The maximum absolute atomic E-state index is 9.56. The van der Waals surface area contributed by atoms with E-state index in [1.165, 1.54) is 4.68 Å². The number of benzene rings is 1. The number of ether oxygens (including phenoxy) is 1. The largest absolute Gasteiger partial charge is 0.494 e. The number of aliphatic hydroxyl groups excluding tert-OH is 3. The number of nitrogens with zero attached hydrogens (tertiary/aromatic N) is 3. The van der Waals surface area contributed by atoms with Crippen LogP contribution < -0.4 is 4.74 Å². The average Bonchev–Trinajstić information content (AvgIpc) is 2.91. The SMILES string of the molecule is CCOc1ccc(Cc2c(CO)nnn2CC(O)CO)cc1. The van der Waals surface area contributed by atoms with Gasteiger partial charge in [-0.3, -0.25) is 0 Å². The molecule has 120 valence electrons. The molecule has 2 aromatic rings. The van der Waals surface area contributed by atoms with Gasteiger partial charge in [-0.15, -0.1) is 5.10 Å². The Morgan fingerprint density at radius 1 is 1.23 bits per heavy atom. The molecule has 1 unspecified atom stereocenters. The lowest BCUT2D eigenvalue weighted by Crippen LogP contribution is -2.22. The van der Waals surface area contributed by atoms with Gasteiger partial charge in [0, 0.05) is 6.42 Å². The third-order valence-corrected chi connectivity index (χ3v) is 3.27. The topological polar surface area (TPSA) is 101 Å². The van der Waals surface area contributed by atoms with Crippen molar-refractivity contribution < 1.29 is 20.1 Å². The second kappa shape index (κ2) is 7.88. The molecule has 7 nitrogen and oxygen atoms in total. The van der Waals surface area contributed by atoms with Gasteiger partial charge in [0.05, 0.1) is 38.2 Å². The van der Waals surface area contributed by atoms with Crippen LogP contribution in [0.15, 0.2) is 24.3 Å². The summed E-state index contributed by atoms with van der Waals surface area (Å²) in [5.74, 6) is 0.802. The minimum absolute atomic E-state index is 0.135. The molecule has 1 heterocycles. The third kappa shape index (κ3) is 4.03. The summed E-state index contributed by atoms with van der Waals surface area (Å²) in [6.07, 6.45) is -0.389. The first-order valence-corrected chi connectivity index (χ1v) is 7.20. The summed E-state index contributed by atoms with van der Waals surface area (Å²) in [5, 5.41) is 35.7. The van der Waals surface area contributed by atoms with Crippen molar-refractivity contribution in [3.05, 3.63) is 41.2 Å². The number of aliphatic hydroxyl groups is 3. The lowest BCUT2D eigenvalue weighted by Gasteiger charge is -2.11. The van der Waals surface area contributed by atoms with Gasteiger partial charge in [-0.25, -0.2) is 4.68 Å². The van der Waals surface area contributed by atoms with Crippen molar-refractivity contribution in [2.75, 3.05) is 13.2 Å². The summed E-state index contributed by atoms with van der Waals surface area (Å²) in [6.45, 7) is 2.11. The minimum atomic E-state index is -0.910. The van der Waals surface area contributed by atoms with E-state index in [-0.39, 0.29) is 19.8 Å². The highest BCUT2D eigenvalue weighted by atomic mass is 16.5. The standard InChI is InChI=1S/C15H21N3O4/c1-2-22-13-5-3-11(4-6-13)7-15-14(10-20)16-17-18(15)8-12(21)9-19/h3-6,12,19-21H,2,7-10H2,1H3. The molecule has 0 fully saturated rings. The van der Waals surface area contributed by atoms with Gasteiger partial charge in [0.2, 0.25) is 0 Å². The predicted molar refractivity (Wildman–Crippen MR) is 79.5 cm³/mol. The molecule has 3 N–H and O–H groups in total. The van der Waals surface area contributed by atoms with Gasteiger partial charge < -0.3 is 20.1 Å². The maximum atomic E-state index is 9.56. The van der Waals surface area contributed by atoms with E-state index in [9.17, 15) is 10.2 Å². The molecular weight excluding hydrogens is 286 g/mol. The summed E-state index contributed by atoms with van der Waals surface area (Å²) in [4.78, 5) is 0. The highest BCUT2D eigenvalue weighted by Gasteiger charge is 2.15. The van der Waals surface area contributed by atoms with E-state index < -0.39 is 6.10 Å². The van der Waals surface area contributed by atoms with Gasteiger partial charge in [0.15, 0.2) is 0 Å². The van der Waals surface area contributed by atoms with E-state index in [2.05, 4.69) is 10.3 Å². The molecule has 0 aliphatic carbocycles. The maximum Gasteiger partial charge on any atom is 0.119 e.